The molecular formula is C20H19F3N4O. The van der Waals surface area contributed by atoms with Gasteiger partial charge in [0, 0.05) is 24.8 Å². The van der Waals surface area contributed by atoms with Crippen molar-refractivity contribution in [3.05, 3.63) is 60.4 Å². The van der Waals surface area contributed by atoms with Crippen molar-refractivity contribution in [2.24, 2.45) is 0 Å². The van der Waals surface area contributed by atoms with Crippen molar-refractivity contribution in [2.75, 3.05) is 18.4 Å². The first kappa shape index (κ1) is 18.3. The van der Waals surface area contributed by atoms with Crippen LogP contribution >= 0.6 is 0 Å². The van der Waals surface area contributed by atoms with Crippen LogP contribution in [0.5, 0.6) is 0 Å². The standard InChI is InChI=1S/C20H19F3N4O/c21-20(22,23)14-6-7-18-17(12-14)24-13-27(18)16-8-10-26(11-9-16)19(28)25-15-4-2-1-3-5-15/h1-7,12-13,16H,8-11H2,(H,25,28). The molecule has 1 N–H and O–H groups in total. The zero-order chi connectivity index (χ0) is 19.7. The third-order valence-electron chi connectivity index (χ3n) is 5.07. The Bertz CT molecular complexity index is 976. The number of piperidine rings is 1. The molecule has 8 heteroatoms. The molecule has 146 valence electrons. The van der Waals surface area contributed by atoms with E-state index in [-0.39, 0.29) is 12.1 Å². The number of carbonyl (C=O) groups excluding carboxylic acids is 1. The third-order valence-corrected chi connectivity index (χ3v) is 5.07. The highest BCUT2D eigenvalue weighted by Gasteiger charge is 2.31. The average molecular weight is 388 g/mol. The van der Waals surface area contributed by atoms with Crippen molar-refractivity contribution in [1.82, 2.24) is 14.5 Å². The summed E-state index contributed by atoms with van der Waals surface area (Å²) >= 11 is 0. The van der Waals surface area contributed by atoms with E-state index in [1.165, 1.54) is 6.07 Å². The summed E-state index contributed by atoms with van der Waals surface area (Å²) in [5.41, 5.74) is 1.06. The first-order valence-corrected chi connectivity index (χ1v) is 9.06. The maximum atomic E-state index is 12.9. The summed E-state index contributed by atoms with van der Waals surface area (Å²) in [4.78, 5) is 18.3. The monoisotopic (exact) mass is 388 g/mol. The van der Waals surface area contributed by atoms with Gasteiger partial charge in [0.1, 0.15) is 0 Å². The van der Waals surface area contributed by atoms with Gasteiger partial charge in [-0.15, -0.1) is 0 Å². The Kier molecular flexibility index (Phi) is 4.70. The zero-order valence-electron chi connectivity index (χ0n) is 15.0. The Morgan fingerprint density at radius 2 is 1.79 bits per heavy atom. The fourth-order valence-corrected chi connectivity index (χ4v) is 3.57. The van der Waals surface area contributed by atoms with E-state index in [9.17, 15) is 18.0 Å². The fraction of sp³-hybridized carbons (Fsp3) is 0.300. The van der Waals surface area contributed by atoms with Gasteiger partial charge in [-0.3, -0.25) is 0 Å². The number of anilines is 1. The van der Waals surface area contributed by atoms with E-state index in [0.29, 0.717) is 37.0 Å². The lowest BCUT2D eigenvalue weighted by Gasteiger charge is -2.32. The highest BCUT2D eigenvalue weighted by molar-refractivity contribution is 5.89. The number of nitrogens with one attached hydrogen (secondary N) is 1. The van der Waals surface area contributed by atoms with Gasteiger partial charge in [0.25, 0.3) is 0 Å². The number of hydrogen-bond donors (Lipinski definition) is 1. The number of nitrogens with zero attached hydrogens (tertiary/aromatic N) is 3. The molecule has 5 nitrogen and oxygen atoms in total. The quantitative estimate of drug-likeness (QED) is 0.677. The number of benzene rings is 2. The molecule has 2 heterocycles. The second-order valence-electron chi connectivity index (χ2n) is 6.87. The number of imidazole rings is 1. The van der Waals surface area contributed by atoms with Crippen LogP contribution in [0.15, 0.2) is 54.9 Å². The predicted molar refractivity (Wildman–Crippen MR) is 100 cm³/mol. The second-order valence-corrected chi connectivity index (χ2v) is 6.87. The Hall–Kier alpha value is -3.03. The molecule has 0 unspecified atom stereocenters. The maximum absolute atomic E-state index is 12.9. The predicted octanol–water partition coefficient (Wildman–Crippen LogP) is 4.92. The summed E-state index contributed by atoms with van der Waals surface area (Å²) in [7, 11) is 0. The molecule has 1 aromatic heterocycles. The first-order chi connectivity index (χ1) is 13.4. The lowest BCUT2D eigenvalue weighted by Crippen LogP contribution is -2.41. The van der Waals surface area contributed by atoms with E-state index in [4.69, 9.17) is 0 Å². The fourth-order valence-electron chi connectivity index (χ4n) is 3.57. The summed E-state index contributed by atoms with van der Waals surface area (Å²) in [6, 6.07) is 12.9. The van der Waals surface area contributed by atoms with Crippen LogP contribution in [0.25, 0.3) is 11.0 Å². The molecule has 4 rings (SSSR count). The van der Waals surface area contributed by atoms with Gasteiger partial charge < -0.3 is 14.8 Å². The van der Waals surface area contributed by atoms with Gasteiger partial charge in [-0.2, -0.15) is 13.2 Å². The summed E-state index contributed by atoms with van der Waals surface area (Å²) in [6.07, 6.45) is -1.35. The van der Waals surface area contributed by atoms with Crippen LogP contribution in [0, 0.1) is 0 Å². The number of rotatable bonds is 2. The molecule has 0 aliphatic carbocycles. The van der Waals surface area contributed by atoms with E-state index < -0.39 is 11.7 Å². The van der Waals surface area contributed by atoms with Crippen LogP contribution < -0.4 is 5.32 Å². The number of halogens is 3. The van der Waals surface area contributed by atoms with Crippen LogP contribution in [-0.4, -0.2) is 33.6 Å². The van der Waals surface area contributed by atoms with Crippen molar-refractivity contribution >= 4 is 22.8 Å². The second kappa shape index (κ2) is 7.18. The van der Waals surface area contributed by atoms with Crippen molar-refractivity contribution in [3.8, 4) is 0 Å². The van der Waals surface area contributed by atoms with Gasteiger partial charge in [-0.25, -0.2) is 9.78 Å². The zero-order valence-corrected chi connectivity index (χ0v) is 15.0. The Labute approximate surface area is 159 Å². The smallest absolute Gasteiger partial charge is 0.327 e. The molecule has 0 spiro atoms. The largest absolute Gasteiger partial charge is 0.416 e. The van der Waals surface area contributed by atoms with Crippen LogP contribution in [0.3, 0.4) is 0 Å². The van der Waals surface area contributed by atoms with Crippen LogP contribution in [0.2, 0.25) is 0 Å². The van der Waals surface area contributed by atoms with Crippen LogP contribution in [-0.2, 0) is 6.18 Å². The molecule has 0 radical (unpaired) electrons. The lowest BCUT2D eigenvalue weighted by atomic mass is 10.0. The van der Waals surface area contributed by atoms with Gasteiger partial charge in [-0.05, 0) is 43.2 Å². The molecule has 0 saturated carbocycles. The summed E-state index contributed by atoms with van der Waals surface area (Å²) in [6.45, 7) is 1.15. The highest BCUT2D eigenvalue weighted by Crippen LogP contribution is 2.33. The third kappa shape index (κ3) is 3.67. The molecule has 1 fully saturated rings. The van der Waals surface area contributed by atoms with E-state index in [2.05, 4.69) is 10.3 Å². The molecule has 1 aliphatic rings. The number of urea groups is 1. The number of fused-ring (bicyclic) bond motifs is 1. The molecule has 2 amide bonds. The Morgan fingerprint density at radius 3 is 2.46 bits per heavy atom. The summed E-state index contributed by atoms with van der Waals surface area (Å²) in [5.74, 6) is 0. The van der Waals surface area contributed by atoms with Crippen molar-refractivity contribution < 1.29 is 18.0 Å². The molecular weight excluding hydrogens is 369 g/mol. The number of aromatic nitrogens is 2. The summed E-state index contributed by atoms with van der Waals surface area (Å²) < 4.78 is 40.5. The number of amides is 2. The Balaban J connectivity index is 1.43. The molecule has 3 aromatic rings. The van der Waals surface area contributed by atoms with E-state index in [0.717, 1.165) is 17.8 Å². The van der Waals surface area contributed by atoms with Gasteiger partial charge in [0.15, 0.2) is 0 Å². The van der Waals surface area contributed by atoms with Crippen molar-refractivity contribution in [3.63, 3.8) is 0 Å². The number of hydrogen-bond acceptors (Lipinski definition) is 2. The molecule has 2 aromatic carbocycles. The van der Waals surface area contributed by atoms with Crippen LogP contribution in [0.1, 0.15) is 24.4 Å². The lowest BCUT2D eigenvalue weighted by molar-refractivity contribution is -0.137. The van der Waals surface area contributed by atoms with E-state index in [1.54, 1.807) is 11.2 Å². The normalized spacial score (nSPS) is 15.8. The van der Waals surface area contributed by atoms with Crippen LogP contribution in [0.4, 0.5) is 23.7 Å². The molecule has 1 aliphatic heterocycles. The number of para-hydroxylation sites is 1. The minimum atomic E-state index is -4.38. The number of likely N-dealkylation sites (tertiary alicyclic amines) is 1. The van der Waals surface area contributed by atoms with Gasteiger partial charge in [-0.1, -0.05) is 18.2 Å². The maximum Gasteiger partial charge on any atom is 0.416 e. The number of carbonyl (C=O) groups is 1. The molecule has 1 saturated heterocycles. The summed E-state index contributed by atoms with van der Waals surface area (Å²) in [5, 5.41) is 2.87. The molecule has 0 bridgehead atoms. The van der Waals surface area contributed by atoms with Gasteiger partial charge in [0.2, 0.25) is 0 Å². The Morgan fingerprint density at radius 1 is 1.07 bits per heavy atom. The SMILES string of the molecule is O=C(Nc1ccccc1)N1CCC(n2cnc3cc(C(F)(F)F)ccc32)CC1. The molecule has 28 heavy (non-hydrogen) atoms. The highest BCUT2D eigenvalue weighted by atomic mass is 19.4. The van der Waals surface area contributed by atoms with E-state index in [1.807, 2.05) is 34.9 Å². The van der Waals surface area contributed by atoms with E-state index >= 15 is 0 Å². The minimum Gasteiger partial charge on any atom is -0.327 e. The van der Waals surface area contributed by atoms with Gasteiger partial charge >= 0.3 is 12.2 Å². The van der Waals surface area contributed by atoms with Crippen molar-refractivity contribution in [1.29, 1.82) is 0 Å². The first-order valence-electron chi connectivity index (χ1n) is 9.06. The average Bonchev–Trinajstić information content (AvgIpc) is 3.11. The van der Waals surface area contributed by atoms with Gasteiger partial charge in [0.05, 0.1) is 22.9 Å². The topological polar surface area (TPSA) is 50.2 Å². The molecule has 0 atom stereocenters. The van der Waals surface area contributed by atoms with Crippen molar-refractivity contribution in [2.45, 2.75) is 25.1 Å². The number of alkyl halides is 3. The minimum absolute atomic E-state index is 0.0995.